The molecule has 0 spiro atoms. The van der Waals surface area contributed by atoms with Crippen LogP contribution in [0.3, 0.4) is 0 Å². The molecule has 1 saturated heterocycles. The van der Waals surface area contributed by atoms with Crippen molar-refractivity contribution in [2.45, 2.75) is 19.8 Å². The molecule has 0 bridgehead atoms. The molecule has 2 N–H and O–H groups in total. The van der Waals surface area contributed by atoms with Gasteiger partial charge in [-0.05, 0) is 61.6 Å². The van der Waals surface area contributed by atoms with Crippen molar-refractivity contribution in [3.05, 3.63) is 59.9 Å². The molecule has 0 unspecified atom stereocenters. The van der Waals surface area contributed by atoms with Crippen LogP contribution in [0.2, 0.25) is 0 Å². The second-order valence-electron chi connectivity index (χ2n) is 7.23. The number of amides is 3. The Morgan fingerprint density at radius 2 is 1.79 bits per heavy atom. The highest BCUT2D eigenvalue weighted by atomic mass is 19.1. The predicted molar refractivity (Wildman–Crippen MR) is 109 cm³/mol. The summed E-state index contributed by atoms with van der Waals surface area (Å²) < 4.78 is 18.5. The minimum Gasteiger partial charge on any atom is -0.484 e. The van der Waals surface area contributed by atoms with Gasteiger partial charge in [0.2, 0.25) is 0 Å². The summed E-state index contributed by atoms with van der Waals surface area (Å²) in [6.45, 7) is 3.74. The summed E-state index contributed by atoms with van der Waals surface area (Å²) in [7, 11) is 0. The number of nitrogens with one attached hydrogen (secondary N) is 2. The van der Waals surface area contributed by atoms with Crippen LogP contribution in [0, 0.1) is 18.7 Å². The number of halogens is 1. The van der Waals surface area contributed by atoms with Gasteiger partial charge in [-0.25, -0.2) is 9.18 Å². The zero-order valence-electron chi connectivity index (χ0n) is 16.5. The molecular formula is C22H26FN3O3. The Bertz CT molecular complexity index is 833. The van der Waals surface area contributed by atoms with Crippen LogP contribution in [0.4, 0.5) is 14.9 Å². The van der Waals surface area contributed by atoms with Crippen LogP contribution in [0.25, 0.3) is 0 Å². The summed E-state index contributed by atoms with van der Waals surface area (Å²) in [6.07, 6.45) is 1.63. The lowest BCUT2D eigenvalue weighted by molar-refractivity contribution is -0.123. The van der Waals surface area contributed by atoms with Crippen LogP contribution >= 0.6 is 0 Å². The number of benzene rings is 2. The number of likely N-dealkylation sites (tertiary alicyclic amines) is 1. The Labute approximate surface area is 170 Å². The lowest BCUT2D eigenvalue weighted by atomic mass is 9.97. The number of ether oxygens (including phenoxy) is 1. The van der Waals surface area contributed by atoms with E-state index in [-0.39, 0.29) is 24.4 Å². The number of para-hydroxylation sites is 1. The summed E-state index contributed by atoms with van der Waals surface area (Å²) >= 11 is 0. The molecule has 3 amide bonds. The van der Waals surface area contributed by atoms with Crippen molar-refractivity contribution < 1.29 is 18.7 Å². The summed E-state index contributed by atoms with van der Waals surface area (Å²) in [4.78, 5) is 26.1. The van der Waals surface area contributed by atoms with Gasteiger partial charge < -0.3 is 20.3 Å². The Morgan fingerprint density at radius 3 is 2.48 bits per heavy atom. The molecule has 29 heavy (non-hydrogen) atoms. The predicted octanol–water partition coefficient (Wildman–Crippen LogP) is 3.57. The van der Waals surface area contributed by atoms with Gasteiger partial charge in [-0.3, -0.25) is 4.79 Å². The normalized spacial score (nSPS) is 14.3. The van der Waals surface area contributed by atoms with Crippen molar-refractivity contribution in [1.29, 1.82) is 0 Å². The van der Waals surface area contributed by atoms with Crippen molar-refractivity contribution in [3.8, 4) is 5.75 Å². The molecule has 0 saturated carbocycles. The monoisotopic (exact) mass is 399 g/mol. The fourth-order valence-corrected chi connectivity index (χ4v) is 3.25. The minimum atomic E-state index is -0.338. The SMILES string of the molecule is Cc1ccccc1OCC(=O)NCC1CCN(C(=O)Nc2ccc(F)cc2)CC1. The van der Waals surface area contributed by atoms with E-state index in [1.54, 1.807) is 4.90 Å². The van der Waals surface area contributed by atoms with Gasteiger partial charge in [-0.15, -0.1) is 0 Å². The Hall–Kier alpha value is -3.09. The van der Waals surface area contributed by atoms with E-state index in [9.17, 15) is 14.0 Å². The Kier molecular flexibility index (Phi) is 7.05. The lowest BCUT2D eigenvalue weighted by Gasteiger charge is -2.32. The van der Waals surface area contributed by atoms with E-state index in [4.69, 9.17) is 4.74 Å². The molecule has 0 aromatic heterocycles. The molecule has 6 nitrogen and oxygen atoms in total. The second kappa shape index (κ2) is 9.91. The van der Waals surface area contributed by atoms with Crippen molar-refractivity contribution in [2.24, 2.45) is 5.92 Å². The summed E-state index contributed by atoms with van der Waals surface area (Å²) in [5.74, 6) is 0.551. The Morgan fingerprint density at radius 1 is 1.10 bits per heavy atom. The largest absolute Gasteiger partial charge is 0.484 e. The lowest BCUT2D eigenvalue weighted by Crippen LogP contribution is -2.43. The van der Waals surface area contributed by atoms with Crippen LogP contribution in [0.15, 0.2) is 48.5 Å². The van der Waals surface area contributed by atoms with Gasteiger partial charge in [-0.2, -0.15) is 0 Å². The number of piperidine rings is 1. The maximum atomic E-state index is 12.9. The molecule has 0 atom stereocenters. The van der Waals surface area contributed by atoms with Gasteiger partial charge in [0.15, 0.2) is 6.61 Å². The maximum Gasteiger partial charge on any atom is 0.321 e. The number of aryl methyl sites for hydroxylation is 1. The summed E-state index contributed by atoms with van der Waals surface area (Å²) in [6, 6.07) is 13.1. The molecule has 1 aliphatic heterocycles. The second-order valence-corrected chi connectivity index (χ2v) is 7.23. The first-order valence-electron chi connectivity index (χ1n) is 9.78. The molecule has 7 heteroatoms. The van der Waals surface area contributed by atoms with E-state index in [0.29, 0.717) is 37.0 Å². The molecule has 1 aliphatic rings. The number of urea groups is 1. The molecule has 2 aromatic carbocycles. The van der Waals surface area contributed by atoms with Crippen LogP contribution in [-0.2, 0) is 4.79 Å². The smallest absolute Gasteiger partial charge is 0.321 e. The average molecular weight is 399 g/mol. The van der Waals surface area contributed by atoms with Crippen LogP contribution in [-0.4, -0.2) is 43.1 Å². The molecule has 3 rings (SSSR count). The van der Waals surface area contributed by atoms with Crippen molar-refractivity contribution in [2.75, 3.05) is 31.6 Å². The van der Waals surface area contributed by atoms with Crippen molar-refractivity contribution in [3.63, 3.8) is 0 Å². The first-order chi connectivity index (χ1) is 14.0. The van der Waals surface area contributed by atoms with Gasteiger partial charge in [-0.1, -0.05) is 18.2 Å². The first-order valence-corrected chi connectivity index (χ1v) is 9.78. The number of rotatable bonds is 6. The number of carbonyl (C=O) groups is 2. The zero-order valence-corrected chi connectivity index (χ0v) is 16.5. The minimum absolute atomic E-state index is 0.0101. The molecule has 154 valence electrons. The van der Waals surface area contributed by atoms with Crippen LogP contribution in [0.5, 0.6) is 5.75 Å². The van der Waals surface area contributed by atoms with E-state index in [0.717, 1.165) is 18.4 Å². The van der Waals surface area contributed by atoms with E-state index < -0.39 is 0 Å². The maximum absolute atomic E-state index is 12.9. The number of hydrogen-bond acceptors (Lipinski definition) is 3. The fourth-order valence-electron chi connectivity index (χ4n) is 3.25. The van der Waals surface area contributed by atoms with Crippen LogP contribution < -0.4 is 15.4 Å². The zero-order chi connectivity index (χ0) is 20.6. The van der Waals surface area contributed by atoms with E-state index >= 15 is 0 Å². The third kappa shape index (κ3) is 6.20. The highest BCUT2D eigenvalue weighted by Crippen LogP contribution is 2.18. The van der Waals surface area contributed by atoms with Gasteiger partial charge in [0.05, 0.1) is 0 Å². The topological polar surface area (TPSA) is 70.7 Å². The standard InChI is InChI=1S/C22H26FN3O3/c1-16-4-2-3-5-20(16)29-15-21(27)24-14-17-10-12-26(13-11-17)22(28)25-19-8-6-18(23)7-9-19/h2-9,17H,10-15H2,1H3,(H,24,27)(H,25,28). The van der Waals surface area contributed by atoms with E-state index in [2.05, 4.69) is 10.6 Å². The quantitative estimate of drug-likeness (QED) is 0.780. The van der Waals surface area contributed by atoms with E-state index in [1.807, 2.05) is 31.2 Å². The van der Waals surface area contributed by atoms with Gasteiger partial charge in [0.25, 0.3) is 5.91 Å². The third-order valence-electron chi connectivity index (χ3n) is 5.04. The van der Waals surface area contributed by atoms with Crippen molar-refractivity contribution in [1.82, 2.24) is 10.2 Å². The highest BCUT2D eigenvalue weighted by molar-refractivity contribution is 5.89. The molecule has 2 aromatic rings. The number of anilines is 1. The van der Waals surface area contributed by atoms with E-state index in [1.165, 1.54) is 24.3 Å². The molecular weight excluding hydrogens is 373 g/mol. The van der Waals surface area contributed by atoms with Gasteiger partial charge in [0, 0.05) is 25.3 Å². The number of nitrogens with zero attached hydrogens (tertiary/aromatic N) is 1. The summed E-state index contributed by atoms with van der Waals surface area (Å²) in [5.41, 5.74) is 1.56. The summed E-state index contributed by atoms with van der Waals surface area (Å²) in [5, 5.41) is 5.69. The van der Waals surface area contributed by atoms with Crippen molar-refractivity contribution >= 4 is 17.6 Å². The number of hydrogen-bond donors (Lipinski definition) is 2. The van der Waals surface area contributed by atoms with Gasteiger partial charge >= 0.3 is 6.03 Å². The average Bonchev–Trinajstić information content (AvgIpc) is 2.73. The highest BCUT2D eigenvalue weighted by Gasteiger charge is 2.23. The molecule has 1 heterocycles. The Balaban J connectivity index is 1.35. The first kappa shape index (κ1) is 20.6. The van der Waals surface area contributed by atoms with Gasteiger partial charge in [0.1, 0.15) is 11.6 Å². The third-order valence-corrected chi connectivity index (χ3v) is 5.04. The fraction of sp³-hybridized carbons (Fsp3) is 0.364. The molecule has 0 radical (unpaired) electrons. The molecule has 0 aliphatic carbocycles. The molecule has 1 fully saturated rings. The van der Waals surface area contributed by atoms with Crippen LogP contribution in [0.1, 0.15) is 18.4 Å². The number of carbonyl (C=O) groups excluding carboxylic acids is 2.